The molecule has 0 spiro atoms. The molecule has 0 saturated carbocycles. The second kappa shape index (κ2) is 2.91. The third kappa shape index (κ3) is 1.46. The van der Waals surface area contributed by atoms with Crippen molar-refractivity contribution in [3.63, 3.8) is 0 Å². The molecular weight excluding hydrogens is 160 g/mol. The summed E-state index contributed by atoms with van der Waals surface area (Å²) in [5, 5.41) is 0. The van der Waals surface area contributed by atoms with Gasteiger partial charge in [-0.1, -0.05) is 24.6 Å². The molecular formula is C12H14O. The Morgan fingerprint density at radius 2 is 2.00 bits per heavy atom. The second-order valence-corrected chi connectivity index (χ2v) is 3.71. The Balaban J connectivity index is 2.34. The average Bonchev–Trinajstić information content (AvgIpc) is 2.61. The highest BCUT2D eigenvalue weighted by Crippen LogP contribution is 2.30. The predicted octanol–water partition coefficient (Wildman–Crippen LogP) is 3.57. The highest BCUT2D eigenvalue weighted by Gasteiger charge is 2.13. The van der Waals surface area contributed by atoms with E-state index in [1.165, 1.54) is 11.1 Å². The minimum absolute atomic E-state index is 0.556. The van der Waals surface area contributed by atoms with Gasteiger partial charge in [0, 0.05) is 5.57 Å². The molecule has 1 heteroatoms. The Morgan fingerprint density at radius 3 is 2.46 bits per heavy atom. The van der Waals surface area contributed by atoms with Crippen LogP contribution in [-0.2, 0) is 0 Å². The first kappa shape index (κ1) is 8.36. The van der Waals surface area contributed by atoms with E-state index in [1.807, 2.05) is 19.1 Å². The van der Waals surface area contributed by atoms with Gasteiger partial charge in [-0.15, -0.1) is 0 Å². The van der Waals surface area contributed by atoms with Crippen molar-refractivity contribution in [3.8, 4) is 0 Å². The van der Waals surface area contributed by atoms with Gasteiger partial charge in [-0.25, -0.2) is 0 Å². The first-order valence-electron chi connectivity index (χ1n) is 4.63. The number of aryl methyl sites for hydroxylation is 1. The third-order valence-electron chi connectivity index (χ3n) is 2.56. The maximum Gasteiger partial charge on any atom is 0.133 e. The van der Waals surface area contributed by atoms with E-state index in [4.69, 9.17) is 4.42 Å². The summed E-state index contributed by atoms with van der Waals surface area (Å²) >= 11 is 0. The summed E-state index contributed by atoms with van der Waals surface area (Å²) in [6.07, 6.45) is 4.44. The van der Waals surface area contributed by atoms with Crippen LogP contribution in [0.2, 0.25) is 0 Å². The minimum atomic E-state index is 0.556. The molecule has 1 aromatic heterocycles. The van der Waals surface area contributed by atoms with Crippen LogP contribution in [0.1, 0.15) is 25.4 Å². The molecule has 0 aromatic carbocycles. The summed E-state index contributed by atoms with van der Waals surface area (Å²) in [4.78, 5) is 0. The lowest BCUT2D eigenvalue weighted by molar-refractivity contribution is 0.522. The van der Waals surface area contributed by atoms with E-state index in [0.29, 0.717) is 5.92 Å². The summed E-state index contributed by atoms with van der Waals surface area (Å²) in [5.74, 6) is 2.52. The molecule has 0 fully saturated rings. The van der Waals surface area contributed by atoms with Gasteiger partial charge in [0.15, 0.2) is 0 Å². The monoisotopic (exact) mass is 174 g/mol. The summed E-state index contributed by atoms with van der Waals surface area (Å²) in [6, 6.07) is 4.03. The topological polar surface area (TPSA) is 13.1 Å². The molecule has 0 N–H and O–H groups in total. The molecule has 1 aliphatic rings. The predicted molar refractivity (Wildman–Crippen MR) is 54.3 cm³/mol. The Hall–Kier alpha value is -1.24. The number of allylic oxidation sites excluding steroid dienone is 4. The molecule has 68 valence electrons. The van der Waals surface area contributed by atoms with Crippen molar-refractivity contribution in [2.24, 2.45) is 5.92 Å². The highest BCUT2D eigenvalue weighted by molar-refractivity contribution is 5.75. The SMILES string of the molecule is CC1=CC(c2ccc(C)o2)=CC1C. The van der Waals surface area contributed by atoms with Gasteiger partial charge in [0.05, 0.1) is 0 Å². The zero-order chi connectivity index (χ0) is 9.42. The molecule has 0 saturated heterocycles. The summed E-state index contributed by atoms with van der Waals surface area (Å²) < 4.78 is 5.55. The molecule has 0 amide bonds. The van der Waals surface area contributed by atoms with Crippen molar-refractivity contribution in [3.05, 3.63) is 41.4 Å². The molecule has 13 heavy (non-hydrogen) atoms. The quantitative estimate of drug-likeness (QED) is 0.634. The van der Waals surface area contributed by atoms with Crippen molar-refractivity contribution < 1.29 is 4.42 Å². The molecule has 1 heterocycles. The lowest BCUT2D eigenvalue weighted by Gasteiger charge is -1.96. The van der Waals surface area contributed by atoms with Gasteiger partial charge < -0.3 is 4.42 Å². The van der Waals surface area contributed by atoms with E-state index in [2.05, 4.69) is 26.0 Å². The van der Waals surface area contributed by atoms with Crippen molar-refractivity contribution in [1.82, 2.24) is 0 Å². The smallest absolute Gasteiger partial charge is 0.133 e. The normalized spacial score (nSPS) is 21.6. The van der Waals surface area contributed by atoms with Crippen LogP contribution >= 0.6 is 0 Å². The van der Waals surface area contributed by atoms with Gasteiger partial charge in [0.25, 0.3) is 0 Å². The summed E-state index contributed by atoms with van der Waals surface area (Å²) in [7, 11) is 0. The van der Waals surface area contributed by atoms with Crippen molar-refractivity contribution in [2.45, 2.75) is 20.8 Å². The first-order chi connectivity index (χ1) is 6.16. The fourth-order valence-electron chi connectivity index (χ4n) is 1.57. The Morgan fingerprint density at radius 1 is 1.23 bits per heavy atom. The fourth-order valence-corrected chi connectivity index (χ4v) is 1.57. The Kier molecular flexibility index (Phi) is 1.87. The zero-order valence-corrected chi connectivity index (χ0v) is 8.29. The molecule has 1 aromatic rings. The lowest BCUT2D eigenvalue weighted by Crippen LogP contribution is -1.83. The van der Waals surface area contributed by atoms with Crippen LogP contribution in [0.5, 0.6) is 0 Å². The maximum atomic E-state index is 5.55. The Labute approximate surface area is 78.8 Å². The molecule has 1 aliphatic carbocycles. The molecule has 0 radical (unpaired) electrons. The minimum Gasteiger partial charge on any atom is -0.461 e. The highest BCUT2D eigenvalue weighted by atomic mass is 16.3. The van der Waals surface area contributed by atoms with Gasteiger partial charge >= 0.3 is 0 Å². The van der Waals surface area contributed by atoms with Gasteiger partial charge in [-0.3, -0.25) is 0 Å². The molecule has 0 bridgehead atoms. The summed E-state index contributed by atoms with van der Waals surface area (Å²) in [6.45, 7) is 6.33. The molecule has 0 aliphatic heterocycles. The van der Waals surface area contributed by atoms with Gasteiger partial charge in [0.1, 0.15) is 11.5 Å². The average molecular weight is 174 g/mol. The van der Waals surface area contributed by atoms with Crippen LogP contribution in [0.15, 0.2) is 34.3 Å². The van der Waals surface area contributed by atoms with Crippen LogP contribution < -0.4 is 0 Å². The van der Waals surface area contributed by atoms with E-state index in [0.717, 1.165) is 11.5 Å². The number of rotatable bonds is 1. The van der Waals surface area contributed by atoms with Gasteiger partial charge in [0.2, 0.25) is 0 Å². The van der Waals surface area contributed by atoms with E-state index in [-0.39, 0.29) is 0 Å². The van der Waals surface area contributed by atoms with E-state index in [1.54, 1.807) is 0 Å². The second-order valence-electron chi connectivity index (χ2n) is 3.71. The van der Waals surface area contributed by atoms with E-state index < -0.39 is 0 Å². The summed E-state index contributed by atoms with van der Waals surface area (Å²) in [5.41, 5.74) is 2.63. The fraction of sp³-hybridized carbons (Fsp3) is 0.333. The molecule has 1 atom stereocenters. The lowest BCUT2D eigenvalue weighted by atomic mass is 10.1. The zero-order valence-electron chi connectivity index (χ0n) is 8.29. The van der Waals surface area contributed by atoms with Crippen molar-refractivity contribution in [2.75, 3.05) is 0 Å². The molecule has 1 nitrogen and oxygen atoms in total. The number of furan rings is 1. The number of hydrogen-bond acceptors (Lipinski definition) is 1. The van der Waals surface area contributed by atoms with Crippen LogP contribution in [0.25, 0.3) is 5.57 Å². The van der Waals surface area contributed by atoms with Crippen LogP contribution in [0.4, 0.5) is 0 Å². The van der Waals surface area contributed by atoms with Gasteiger partial charge in [-0.05, 0) is 31.9 Å². The van der Waals surface area contributed by atoms with Crippen LogP contribution in [0.3, 0.4) is 0 Å². The van der Waals surface area contributed by atoms with Crippen molar-refractivity contribution >= 4 is 5.57 Å². The largest absolute Gasteiger partial charge is 0.461 e. The third-order valence-corrected chi connectivity index (χ3v) is 2.56. The maximum absolute atomic E-state index is 5.55. The first-order valence-corrected chi connectivity index (χ1v) is 4.63. The Bertz CT molecular complexity index is 380. The standard InChI is InChI=1S/C12H14O/c1-8-6-11(7-9(8)2)12-5-4-10(3)13-12/h4-8H,1-3H3. The molecule has 1 unspecified atom stereocenters. The van der Waals surface area contributed by atoms with E-state index >= 15 is 0 Å². The number of hydrogen-bond donors (Lipinski definition) is 0. The molecule has 2 rings (SSSR count). The van der Waals surface area contributed by atoms with Gasteiger partial charge in [-0.2, -0.15) is 0 Å². The van der Waals surface area contributed by atoms with Crippen molar-refractivity contribution in [1.29, 1.82) is 0 Å². The van der Waals surface area contributed by atoms with Crippen LogP contribution in [0, 0.1) is 12.8 Å². The van der Waals surface area contributed by atoms with Crippen LogP contribution in [-0.4, -0.2) is 0 Å². The van der Waals surface area contributed by atoms with E-state index in [9.17, 15) is 0 Å².